The molecule has 0 radical (unpaired) electrons. The number of rotatable bonds is 7. The summed E-state index contributed by atoms with van der Waals surface area (Å²) in [5.41, 5.74) is 2.52. The molecule has 3 aromatic carbocycles. The normalized spacial score (nSPS) is 12.1. The maximum absolute atomic E-state index is 5.81. The molecule has 0 fully saturated rings. The molecule has 2 nitrogen and oxygen atoms in total. The van der Waals surface area contributed by atoms with E-state index in [-0.39, 0.29) is 6.10 Å². The molecule has 24 heavy (non-hydrogen) atoms. The van der Waals surface area contributed by atoms with E-state index >= 15 is 0 Å². The maximum Gasteiger partial charge on any atom is 0.119 e. The number of hydrogen-bond acceptors (Lipinski definition) is 2. The molecule has 2 heteroatoms. The van der Waals surface area contributed by atoms with Crippen molar-refractivity contribution in [3.05, 3.63) is 72.3 Å². The fourth-order valence-electron chi connectivity index (χ4n) is 2.82. The Balaban J connectivity index is 1.58. The highest BCUT2D eigenvalue weighted by atomic mass is 16.5. The monoisotopic (exact) mass is 319 g/mol. The lowest BCUT2D eigenvalue weighted by molar-refractivity contribution is 0.217. The van der Waals surface area contributed by atoms with Gasteiger partial charge in [0.15, 0.2) is 0 Å². The SMILES string of the molecule is CC[C@H](C)Oc1ccc(NCCc2cccc3ccccc23)cc1. The van der Waals surface area contributed by atoms with Gasteiger partial charge in [-0.25, -0.2) is 0 Å². The summed E-state index contributed by atoms with van der Waals surface area (Å²) in [6.45, 7) is 5.14. The Bertz CT molecular complexity index is 774. The molecule has 0 aliphatic heterocycles. The van der Waals surface area contributed by atoms with E-state index in [9.17, 15) is 0 Å². The number of nitrogens with one attached hydrogen (secondary N) is 1. The molecule has 1 N–H and O–H groups in total. The van der Waals surface area contributed by atoms with Gasteiger partial charge in [-0.1, -0.05) is 49.4 Å². The number of hydrogen-bond donors (Lipinski definition) is 1. The molecule has 0 unspecified atom stereocenters. The van der Waals surface area contributed by atoms with E-state index in [1.54, 1.807) is 0 Å². The molecule has 0 saturated heterocycles. The van der Waals surface area contributed by atoms with Crippen LogP contribution < -0.4 is 10.1 Å². The first-order valence-corrected chi connectivity index (χ1v) is 8.73. The Morgan fingerprint density at radius 3 is 2.46 bits per heavy atom. The average Bonchev–Trinajstić information content (AvgIpc) is 2.63. The Hall–Kier alpha value is -2.48. The van der Waals surface area contributed by atoms with E-state index in [1.165, 1.54) is 16.3 Å². The summed E-state index contributed by atoms with van der Waals surface area (Å²) in [7, 11) is 0. The molecule has 0 heterocycles. The van der Waals surface area contributed by atoms with Crippen LogP contribution in [-0.2, 0) is 6.42 Å². The minimum Gasteiger partial charge on any atom is -0.491 e. The Morgan fingerprint density at radius 1 is 0.917 bits per heavy atom. The molecule has 0 bridgehead atoms. The van der Waals surface area contributed by atoms with E-state index in [1.807, 2.05) is 12.1 Å². The van der Waals surface area contributed by atoms with Crippen LogP contribution in [0.1, 0.15) is 25.8 Å². The Labute approximate surface area is 144 Å². The third-order valence-electron chi connectivity index (χ3n) is 4.37. The zero-order chi connectivity index (χ0) is 16.8. The average molecular weight is 319 g/mol. The Kier molecular flexibility index (Phi) is 5.37. The van der Waals surface area contributed by atoms with E-state index in [0.29, 0.717) is 0 Å². The summed E-state index contributed by atoms with van der Waals surface area (Å²) in [5.74, 6) is 0.934. The van der Waals surface area contributed by atoms with Crippen LogP contribution in [0.25, 0.3) is 10.8 Å². The van der Waals surface area contributed by atoms with Crippen molar-refractivity contribution in [2.24, 2.45) is 0 Å². The molecule has 1 atom stereocenters. The van der Waals surface area contributed by atoms with Crippen LogP contribution in [0.5, 0.6) is 5.75 Å². The van der Waals surface area contributed by atoms with Gasteiger partial charge in [-0.15, -0.1) is 0 Å². The van der Waals surface area contributed by atoms with Crippen LogP contribution in [0.2, 0.25) is 0 Å². The van der Waals surface area contributed by atoms with Crippen LogP contribution in [0.4, 0.5) is 5.69 Å². The molecule has 0 aromatic heterocycles. The highest BCUT2D eigenvalue weighted by molar-refractivity contribution is 5.85. The van der Waals surface area contributed by atoms with Gasteiger partial charge in [0, 0.05) is 12.2 Å². The number of fused-ring (bicyclic) bond motifs is 1. The predicted octanol–water partition coefficient (Wildman–Crippen LogP) is 5.67. The quantitative estimate of drug-likeness (QED) is 0.605. The summed E-state index contributed by atoms with van der Waals surface area (Å²) >= 11 is 0. The second-order valence-corrected chi connectivity index (χ2v) is 6.18. The first kappa shape index (κ1) is 16.4. The Morgan fingerprint density at radius 2 is 1.67 bits per heavy atom. The molecule has 0 saturated carbocycles. The summed E-state index contributed by atoms with van der Waals surface area (Å²) < 4.78 is 5.81. The lowest BCUT2D eigenvalue weighted by Gasteiger charge is -2.13. The fourth-order valence-corrected chi connectivity index (χ4v) is 2.82. The zero-order valence-corrected chi connectivity index (χ0v) is 14.5. The highest BCUT2D eigenvalue weighted by Gasteiger charge is 2.02. The summed E-state index contributed by atoms with van der Waals surface area (Å²) in [6, 6.07) is 23.3. The summed E-state index contributed by atoms with van der Waals surface area (Å²) in [5, 5.41) is 6.15. The molecular formula is C22H25NO. The number of benzene rings is 3. The van der Waals surface area contributed by atoms with Crippen molar-refractivity contribution in [2.75, 3.05) is 11.9 Å². The van der Waals surface area contributed by atoms with Crippen molar-refractivity contribution in [1.82, 2.24) is 0 Å². The maximum atomic E-state index is 5.81. The third kappa shape index (κ3) is 4.08. The van der Waals surface area contributed by atoms with E-state index in [0.717, 1.165) is 30.8 Å². The van der Waals surface area contributed by atoms with Gasteiger partial charge in [0.1, 0.15) is 5.75 Å². The number of anilines is 1. The van der Waals surface area contributed by atoms with Gasteiger partial charge in [0.25, 0.3) is 0 Å². The number of ether oxygens (including phenoxy) is 1. The van der Waals surface area contributed by atoms with Gasteiger partial charge in [0.05, 0.1) is 6.10 Å². The molecule has 0 amide bonds. The lowest BCUT2D eigenvalue weighted by Crippen LogP contribution is -2.09. The van der Waals surface area contributed by atoms with E-state index in [4.69, 9.17) is 4.74 Å². The minimum atomic E-state index is 0.259. The molecule has 0 aliphatic carbocycles. The first-order valence-electron chi connectivity index (χ1n) is 8.73. The first-order chi connectivity index (χ1) is 11.8. The smallest absolute Gasteiger partial charge is 0.119 e. The van der Waals surface area contributed by atoms with Gasteiger partial charge < -0.3 is 10.1 Å². The van der Waals surface area contributed by atoms with Crippen LogP contribution >= 0.6 is 0 Å². The fraction of sp³-hybridized carbons (Fsp3) is 0.273. The van der Waals surface area contributed by atoms with Crippen molar-refractivity contribution in [2.45, 2.75) is 32.8 Å². The van der Waals surface area contributed by atoms with Gasteiger partial charge in [-0.05, 0) is 60.4 Å². The van der Waals surface area contributed by atoms with Crippen LogP contribution in [0, 0.1) is 0 Å². The molecule has 0 spiro atoms. The summed E-state index contributed by atoms with van der Waals surface area (Å²) in [4.78, 5) is 0. The second kappa shape index (κ2) is 7.87. The van der Waals surface area contributed by atoms with Crippen LogP contribution in [0.3, 0.4) is 0 Å². The van der Waals surface area contributed by atoms with Gasteiger partial charge >= 0.3 is 0 Å². The van der Waals surface area contributed by atoms with Crippen molar-refractivity contribution >= 4 is 16.5 Å². The van der Waals surface area contributed by atoms with Gasteiger partial charge in [-0.3, -0.25) is 0 Å². The predicted molar refractivity (Wildman–Crippen MR) is 103 cm³/mol. The molecule has 124 valence electrons. The highest BCUT2D eigenvalue weighted by Crippen LogP contribution is 2.20. The van der Waals surface area contributed by atoms with Crippen LogP contribution in [0.15, 0.2) is 66.7 Å². The van der Waals surface area contributed by atoms with Crippen LogP contribution in [-0.4, -0.2) is 12.6 Å². The van der Waals surface area contributed by atoms with Gasteiger partial charge in [0.2, 0.25) is 0 Å². The second-order valence-electron chi connectivity index (χ2n) is 6.18. The largest absolute Gasteiger partial charge is 0.491 e. The van der Waals surface area contributed by atoms with Crippen molar-refractivity contribution < 1.29 is 4.74 Å². The van der Waals surface area contributed by atoms with E-state index < -0.39 is 0 Å². The topological polar surface area (TPSA) is 21.3 Å². The minimum absolute atomic E-state index is 0.259. The molecule has 0 aliphatic rings. The van der Waals surface area contributed by atoms with Crippen molar-refractivity contribution in [1.29, 1.82) is 0 Å². The van der Waals surface area contributed by atoms with Crippen molar-refractivity contribution in [3.8, 4) is 5.75 Å². The molecule has 3 rings (SSSR count). The summed E-state index contributed by atoms with van der Waals surface area (Å²) in [6.07, 6.45) is 2.28. The van der Waals surface area contributed by atoms with Crippen molar-refractivity contribution in [3.63, 3.8) is 0 Å². The van der Waals surface area contributed by atoms with E-state index in [2.05, 4.69) is 73.8 Å². The standard InChI is InChI=1S/C22H25NO/c1-3-17(2)24-21-13-11-20(12-14-21)23-16-15-19-9-6-8-18-7-4-5-10-22(18)19/h4-14,17,23H,3,15-16H2,1-2H3/t17-/m0/s1. The van der Waals surface area contributed by atoms with Gasteiger partial charge in [-0.2, -0.15) is 0 Å². The molecular weight excluding hydrogens is 294 g/mol. The molecule has 3 aromatic rings. The third-order valence-corrected chi connectivity index (χ3v) is 4.37. The lowest BCUT2D eigenvalue weighted by atomic mass is 10.0. The zero-order valence-electron chi connectivity index (χ0n) is 14.5.